The Morgan fingerprint density at radius 2 is 1.90 bits per heavy atom. The van der Waals surface area contributed by atoms with Gasteiger partial charge in [0.1, 0.15) is 0 Å². The van der Waals surface area contributed by atoms with Gasteiger partial charge in [0.25, 0.3) is 12.3 Å². The highest BCUT2D eigenvalue weighted by Crippen LogP contribution is 2.49. The third-order valence-electron chi connectivity index (χ3n) is 7.38. The molecule has 0 spiro atoms. The van der Waals surface area contributed by atoms with Crippen LogP contribution in [0.1, 0.15) is 60.2 Å². The molecule has 1 saturated carbocycles. The van der Waals surface area contributed by atoms with Crippen LogP contribution in [0.15, 0.2) is 67.3 Å². The SMILES string of the molecule is C=CC(=O)Nc1cccc(-n2c(NC(=O)c3ccc(C(F)F)s3)nc3cc(CNC4(C(C)(C)C)CC4)ccc32)c1. The summed E-state index contributed by atoms with van der Waals surface area (Å²) in [7, 11) is 0. The molecule has 3 N–H and O–H groups in total. The number of hydrogen-bond donors (Lipinski definition) is 3. The third-order valence-corrected chi connectivity index (χ3v) is 8.48. The molecule has 0 atom stereocenters. The van der Waals surface area contributed by atoms with Crippen LogP contribution in [0.25, 0.3) is 16.7 Å². The fraction of sp³-hybridized carbons (Fsp3) is 0.300. The van der Waals surface area contributed by atoms with Gasteiger partial charge < -0.3 is 10.6 Å². The molecule has 4 aromatic rings. The lowest BCUT2D eigenvalue weighted by Gasteiger charge is -2.32. The van der Waals surface area contributed by atoms with E-state index in [2.05, 4.69) is 43.3 Å². The number of carbonyl (C=O) groups excluding carboxylic acids is 2. The van der Waals surface area contributed by atoms with Crippen molar-refractivity contribution in [2.45, 2.75) is 52.1 Å². The second kappa shape index (κ2) is 10.6. The maximum atomic E-state index is 13.1. The lowest BCUT2D eigenvalue weighted by Crippen LogP contribution is -2.42. The number of carbonyl (C=O) groups is 2. The monoisotopic (exact) mass is 563 g/mol. The average Bonchev–Trinajstić information content (AvgIpc) is 3.40. The summed E-state index contributed by atoms with van der Waals surface area (Å²) in [6.07, 6.45) is 0.807. The molecule has 0 unspecified atom stereocenters. The normalized spacial score (nSPS) is 14.3. The number of aromatic nitrogens is 2. The molecule has 0 bridgehead atoms. The van der Waals surface area contributed by atoms with Crippen molar-refractivity contribution in [1.29, 1.82) is 0 Å². The van der Waals surface area contributed by atoms with Crippen molar-refractivity contribution < 1.29 is 18.4 Å². The molecule has 2 aromatic heterocycles. The largest absolute Gasteiger partial charge is 0.322 e. The number of hydrogen-bond acceptors (Lipinski definition) is 5. The number of amides is 2. The minimum Gasteiger partial charge on any atom is -0.322 e. The molecule has 10 heteroatoms. The summed E-state index contributed by atoms with van der Waals surface area (Å²) < 4.78 is 28.0. The molecule has 1 aliphatic rings. The van der Waals surface area contributed by atoms with Gasteiger partial charge in [0.05, 0.1) is 26.5 Å². The second-order valence-electron chi connectivity index (χ2n) is 11.0. The van der Waals surface area contributed by atoms with E-state index in [1.807, 2.05) is 24.3 Å². The minimum atomic E-state index is -2.65. The number of benzene rings is 2. The van der Waals surface area contributed by atoms with E-state index in [0.29, 0.717) is 23.4 Å². The fourth-order valence-corrected chi connectivity index (χ4v) is 5.60. The zero-order chi connectivity index (χ0) is 28.7. The first-order chi connectivity index (χ1) is 19.0. The molecule has 40 heavy (non-hydrogen) atoms. The highest BCUT2D eigenvalue weighted by molar-refractivity contribution is 7.14. The zero-order valence-corrected chi connectivity index (χ0v) is 23.4. The van der Waals surface area contributed by atoms with Gasteiger partial charge in [0.15, 0.2) is 0 Å². The summed E-state index contributed by atoms with van der Waals surface area (Å²) in [5, 5.41) is 9.27. The molecular formula is C30H31F2N5O2S. The van der Waals surface area contributed by atoms with E-state index in [-0.39, 0.29) is 32.6 Å². The van der Waals surface area contributed by atoms with Crippen molar-refractivity contribution in [2.24, 2.45) is 5.41 Å². The van der Waals surface area contributed by atoms with Gasteiger partial charge in [0, 0.05) is 17.8 Å². The number of nitrogens with zero attached hydrogens (tertiary/aromatic N) is 2. The van der Waals surface area contributed by atoms with Crippen molar-refractivity contribution in [1.82, 2.24) is 14.9 Å². The van der Waals surface area contributed by atoms with E-state index in [4.69, 9.17) is 4.98 Å². The highest BCUT2D eigenvalue weighted by atomic mass is 32.1. The number of nitrogens with one attached hydrogen (secondary N) is 3. The Kier molecular flexibility index (Phi) is 7.32. The molecule has 0 aliphatic heterocycles. The lowest BCUT2D eigenvalue weighted by molar-refractivity contribution is -0.111. The van der Waals surface area contributed by atoms with E-state index >= 15 is 0 Å². The molecular weight excluding hydrogens is 532 g/mol. The van der Waals surface area contributed by atoms with E-state index < -0.39 is 12.3 Å². The maximum absolute atomic E-state index is 13.1. The highest BCUT2D eigenvalue weighted by Gasteiger charge is 2.51. The van der Waals surface area contributed by atoms with Crippen molar-refractivity contribution in [3.8, 4) is 5.69 Å². The van der Waals surface area contributed by atoms with Gasteiger partial charge in [0.2, 0.25) is 11.9 Å². The number of thiophene rings is 1. The van der Waals surface area contributed by atoms with Crippen LogP contribution >= 0.6 is 11.3 Å². The van der Waals surface area contributed by atoms with Crippen LogP contribution in [0.3, 0.4) is 0 Å². The molecule has 2 aromatic carbocycles. The van der Waals surface area contributed by atoms with Gasteiger partial charge in [-0.15, -0.1) is 11.3 Å². The van der Waals surface area contributed by atoms with E-state index in [0.717, 1.165) is 35.3 Å². The molecule has 1 fully saturated rings. The predicted octanol–water partition coefficient (Wildman–Crippen LogP) is 7.07. The van der Waals surface area contributed by atoms with E-state index in [1.54, 1.807) is 22.8 Å². The Morgan fingerprint density at radius 1 is 1.12 bits per heavy atom. The Bertz CT molecular complexity index is 1600. The molecule has 0 saturated heterocycles. The third kappa shape index (κ3) is 5.55. The van der Waals surface area contributed by atoms with E-state index in [1.165, 1.54) is 18.2 Å². The molecule has 1 aliphatic carbocycles. The molecule has 2 heterocycles. The predicted molar refractivity (Wildman–Crippen MR) is 155 cm³/mol. The van der Waals surface area contributed by atoms with Crippen molar-refractivity contribution in [2.75, 3.05) is 10.6 Å². The topological polar surface area (TPSA) is 88.1 Å². The smallest absolute Gasteiger partial charge is 0.272 e. The van der Waals surface area contributed by atoms with Crippen LogP contribution in [0.5, 0.6) is 0 Å². The quantitative estimate of drug-likeness (QED) is 0.190. The van der Waals surface area contributed by atoms with Crippen LogP contribution < -0.4 is 16.0 Å². The number of imidazole rings is 1. The van der Waals surface area contributed by atoms with Crippen molar-refractivity contribution >= 4 is 45.8 Å². The van der Waals surface area contributed by atoms with Crippen LogP contribution in [-0.2, 0) is 11.3 Å². The molecule has 7 nitrogen and oxygen atoms in total. The molecule has 5 rings (SSSR count). The average molecular weight is 564 g/mol. The Morgan fingerprint density at radius 3 is 2.55 bits per heavy atom. The minimum absolute atomic E-state index is 0.120. The van der Waals surface area contributed by atoms with Gasteiger partial charge in [-0.2, -0.15) is 0 Å². The first-order valence-corrected chi connectivity index (χ1v) is 13.8. The van der Waals surface area contributed by atoms with Gasteiger partial charge in [-0.1, -0.05) is 39.5 Å². The Labute approximate surface area is 235 Å². The second-order valence-corrected chi connectivity index (χ2v) is 12.1. The van der Waals surface area contributed by atoms with Gasteiger partial charge in [-0.05, 0) is 72.4 Å². The summed E-state index contributed by atoms with van der Waals surface area (Å²) in [6, 6.07) is 15.7. The first-order valence-electron chi connectivity index (χ1n) is 13.0. The van der Waals surface area contributed by atoms with E-state index in [9.17, 15) is 18.4 Å². The number of fused-ring (bicyclic) bond motifs is 1. The summed E-state index contributed by atoms with van der Waals surface area (Å²) in [5.74, 6) is -0.653. The summed E-state index contributed by atoms with van der Waals surface area (Å²) in [4.78, 5) is 29.7. The maximum Gasteiger partial charge on any atom is 0.272 e. The number of rotatable bonds is 9. The van der Waals surface area contributed by atoms with Gasteiger partial charge in [-0.3, -0.25) is 19.5 Å². The molecule has 0 radical (unpaired) electrons. The zero-order valence-electron chi connectivity index (χ0n) is 22.6. The van der Waals surface area contributed by atoms with Crippen LogP contribution in [0.4, 0.5) is 20.4 Å². The summed E-state index contributed by atoms with van der Waals surface area (Å²) >= 11 is 0.744. The van der Waals surface area contributed by atoms with Crippen LogP contribution in [0, 0.1) is 5.41 Å². The fourth-order valence-electron chi connectivity index (χ4n) is 4.84. The molecule has 208 valence electrons. The first kappa shape index (κ1) is 27.7. The van der Waals surface area contributed by atoms with Crippen molar-refractivity contribution in [3.63, 3.8) is 0 Å². The number of alkyl halides is 2. The number of anilines is 2. The summed E-state index contributed by atoms with van der Waals surface area (Å²) in [6.45, 7) is 10.9. The standard InChI is InChI=1S/C30H31F2N5O2S/c1-5-25(38)34-19-7-6-8-20(16-19)37-22-10-9-18(17-33-30(13-14-30)29(2,3)4)15-21(22)35-28(37)36-27(39)24-12-11-23(40-24)26(31)32/h5-12,15-16,26,33H,1,13-14,17H2,2-4H3,(H,34,38)(H,35,36,39). The van der Waals surface area contributed by atoms with Gasteiger partial charge in [-0.25, -0.2) is 13.8 Å². The summed E-state index contributed by atoms with van der Waals surface area (Å²) in [5.41, 5.74) is 3.91. The van der Waals surface area contributed by atoms with Crippen LogP contribution in [0.2, 0.25) is 0 Å². The Hall–Kier alpha value is -3.89. The lowest BCUT2D eigenvalue weighted by atomic mass is 9.84. The Balaban J connectivity index is 1.51. The van der Waals surface area contributed by atoms with Crippen LogP contribution in [-0.4, -0.2) is 26.9 Å². The number of halogens is 2. The van der Waals surface area contributed by atoms with Gasteiger partial charge >= 0.3 is 0 Å². The van der Waals surface area contributed by atoms with Crippen molar-refractivity contribution in [3.05, 3.63) is 82.6 Å². The molecule has 2 amide bonds.